The van der Waals surface area contributed by atoms with E-state index in [1.165, 1.54) is 0 Å². The molecule has 0 amide bonds. The second-order valence-electron chi connectivity index (χ2n) is 3.15. The van der Waals surface area contributed by atoms with Crippen LogP contribution in [0.1, 0.15) is 12.8 Å². The minimum absolute atomic E-state index is 0.185. The van der Waals surface area contributed by atoms with Gasteiger partial charge in [-0.25, -0.2) is 5.43 Å². The van der Waals surface area contributed by atoms with Gasteiger partial charge in [-0.05, 0) is 6.42 Å². The van der Waals surface area contributed by atoms with Crippen molar-refractivity contribution >= 4 is 16.8 Å². The summed E-state index contributed by atoms with van der Waals surface area (Å²) in [6, 6.07) is 0. The highest BCUT2D eigenvalue weighted by Gasteiger charge is 2.28. The third-order valence-electron chi connectivity index (χ3n) is 2.32. The zero-order valence-corrected chi connectivity index (χ0v) is 7.47. The van der Waals surface area contributed by atoms with Crippen LogP contribution in [0.3, 0.4) is 0 Å². The van der Waals surface area contributed by atoms with Crippen LogP contribution < -0.4 is 11.0 Å². The number of fused-ring (bicyclic) bond motifs is 1. The highest BCUT2D eigenvalue weighted by Crippen LogP contribution is 2.22. The van der Waals surface area contributed by atoms with Gasteiger partial charge < -0.3 is 0 Å². The normalized spacial score (nSPS) is 36.6. The molecular formula is C7H12ClN3O. The van der Waals surface area contributed by atoms with Gasteiger partial charge in [0.15, 0.2) is 0 Å². The minimum atomic E-state index is 0.185. The molecule has 5 heteroatoms. The van der Waals surface area contributed by atoms with Gasteiger partial charge in [0.2, 0.25) is 0 Å². The SMILES string of the molecule is ClC1=NCC2CCNNOC2C1. The summed E-state index contributed by atoms with van der Waals surface area (Å²) in [6.07, 6.45) is 2.01. The van der Waals surface area contributed by atoms with Gasteiger partial charge in [-0.1, -0.05) is 11.6 Å². The van der Waals surface area contributed by atoms with E-state index < -0.39 is 0 Å². The van der Waals surface area contributed by atoms with Crippen molar-refractivity contribution in [2.45, 2.75) is 18.9 Å². The van der Waals surface area contributed by atoms with Crippen molar-refractivity contribution in [3.63, 3.8) is 0 Å². The van der Waals surface area contributed by atoms with Crippen molar-refractivity contribution in [2.75, 3.05) is 13.1 Å². The van der Waals surface area contributed by atoms with Crippen molar-refractivity contribution in [1.82, 2.24) is 11.0 Å². The Morgan fingerprint density at radius 2 is 2.50 bits per heavy atom. The van der Waals surface area contributed by atoms with E-state index in [-0.39, 0.29) is 6.10 Å². The number of halogens is 1. The van der Waals surface area contributed by atoms with Crippen molar-refractivity contribution in [3.8, 4) is 0 Å². The van der Waals surface area contributed by atoms with Crippen LogP contribution in [0, 0.1) is 5.92 Å². The Morgan fingerprint density at radius 3 is 3.42 bits per heavy atom. The zero-order valence-electron chi connectivity index (χ0n) is 6.72. The molecule has 2 heterocycles. The molecule has 2 atom stereocenters. The van der Waals surface area contributed by atoms with Gasteiger partial charge in [-0.2, -0.15) is 0 Å². The van der Waals surface area contributed by atoms with Gasteiger partial charge in [0.1, 0.15) is 5.17 Å². The first-order valence-electron chi connectivity index (χ1n) is 4.18. The van der Waals surface area contributed by atoms with Crippen LogP contribution in [0.2, 0.25) is 0 Å². The Hall–Kier alpha value is -0.160. The van der Waals surface area contributed by atoms with Crippen LogP contribution in [0.4, 0.5) is 0 Å². The first kappa shape index (κ1) is 8.44. The first-order chi connectivity index (χ1) is 5.86. The first-order valence-corrected chi connectivity index (χ1v) is 4.56. The summed E-state index contributed by atoms with van der Waals surface area (Å²) in [4.78, 5) is 9.55. The third kappa shape index (κ3) is 1.77. The zero-order chi connectivity index (χ0) is 8.39. The maximum atomic E-state index is 5.81. The van der Waals surface area contributed by atoms with Crippen molar-refractivity contribution in [3.05, 3.63) is 0 Å². The van der Waals surface area contributed by atoms with Crippen molar-refractivity contribution < 1.29 is 4.84 Å². The lowest BCUT2D eigenvalue weighted by Gasteiger charge is -2.25. The van der Waals surface area contributed by atoms with E-state index in [0.29, 0.717) is 11.1 Å². The second-order valence-corrected chi connectivity index (χ2v) is 3.59. The van der Waals surface area contributed by atoms with E-state index in [9.17, 15) is 0 Å². The Kier molecular flexibility index (Phi) is 2.60. The number of hydrogen-bond acceptors (Lipinski definition) is 4. The molecule has 0 aromatic rings. The fraction of sp³-hybridized carbons (Fsp3) is 0.857. The molecular weight excluding hydrogens is 178 g/mol. The molecule has 12 heavy (non-hydrogen) atoms. The molecule has 2 aliphatic heterocycles. The Balaban J connectivity index is 2.03. The highest BCUT2D eigenvalue weighted by molar-refractivity contribution is 6.65. The molecule has 0 aromatic carbocycles. The fourth-order valence-electron chi connectivity index (χ4n) is 1.57. The van der Waals surface area contributed by atoms with Gasteiger partial charge in [0, 0.05) is 25.4 Å². The Bertz CT molecular complexity index is 197. The van der Waals surface area contributed by atoms with Crippen molar-refractivity contribution in [2.24, 2.45) is 10.9 Å². The Labute approximate surface area is 76.3 Å². The van der Waals surface area contributed by atoms with E-state index in [1.807, 2.05) is 0 Å². The smallest absolute Gasteiger partial charge is 0.103 e. The average molecular weight is 190 g/mol. The van der Waals surface area contributed by atoms with E-state index in [4.69, 9.17) is 16.4 Å². The summed E-state index contributed by atoms with van der Waals surface area (Å²) >= 11 is 5.81. The summed E-state index contributed by atoms with van der Waals surface area (Å²) in [5.41, 5.74) is 5.66. The molecule has 1 saturated heterocycles. The van der Waals surface area contributed by atoms with Gasteiger partial charge in [-0.15, -0.1) is 5.59 Å². The topological polar surface area (TPSA) is 45.7 Å². The number of hydrogen-bond donors (Lipinski definition) is 2. The van der Waals surface area contributed by atoms with Crippen LogP contribution >= 0.6 is 11.6 Å². The molecule has 2 N–H and O–H groups in total. The summed E-state index contributed by atoms with van der Waals surface area (Å²) in [7, 11) is 0. The van der Waals surface area contributed by atoms with E-state index in [2.05, 4.69) is 16.0 Å². The van der Waals surface area contributed by atoms with Gasteiger partial charge in [0.05, 0.1) is 6.10 Å². The van der Waals surface area contributed by atoms with Crippen LogP contribution in [-0.2, 0) is 4.84 Å². The van der Waals surface area contributed by atoms with Crippen LogP contribution in [0.15, 0.2) is 4.99 Å². The number of nitrogens with one attached hydrogen (secondary N) is 2. The summed E-state index contributed by atoms with van der Waals surface area (Å²) in [5, 5.41) is 0.681. The summed E-state index contributed by atoms with van der Waals surface area (Å²) < 4.78 is 0. The number of hydrazine groups is 1. The predicted molar refractivity (Wildman–Crippen MR) is 46.9 cm³/mol. The number of aliphatic imine (C=N–C) groups is 1. The van der Waals surface area contributed by atoms with Crippen LogP contribution in [0.25, 0.3) is 0 Å². The molecule has 4 nitrogen and oxygen atoms in total. The lowest BCUT2D eigenvalue weighted by molar-refractivity contribution is -0.0548. The van der Waals surface area contributed by atoms with Crippen LogP contribution in [-0.4, -0.2) is 24.4 Å². The molecule has 2 aliphatic rings. The largest absolute Gasteiger partial charge is 0.283 e. The van der Waals surface area contributed by atoms with E-state index in [1.54, 1.807) is 0 Å². The molecule has 68 valence electrons. The molecule has 0 bridgehead atoms. The third-order valence-corrected chi connectivity index (χ3v) is 2.59. The van der Waals surface area contributed by atoms with Gasteiger partial charge in [0.25, 0.3) is 0 Å². The maximum Gasteiger partial charge on any atom is 0.103 e. The number of rotatable bonds is 0. The standard InChI is InChI=1S/C7H12ClN3O/c8-7-3-6-5(4-9-7)1-2-10-11-12-6/h5-6,10-11H,1-4H2. The average Bonchev–Trinajstić information content (AvgIpc) is 2.28. The second kappa shape index (κ2) is 3.70. The lowest BCUT2D eigenvalue weighted by atomic mass is 9.94. The predicted octanol–water partition coefficient (Wildman–Crippen LogP) is 0.442. The molecule has 0 spiro atoms. The molecule has 0 aliphatic carbocycles. The molecule has 0 aromatic heterocycles. The molecule has 2 unspecified atom stereocenters. The summed E-state index contributed by atoms with van der Waals surface area (Å²) in [6.45, 7) is 1.72. The lowest BCUT2D eigenvalue weighted by Crippen LogP contribution is -2.36. The summed E-state index contributed by atoms with van der Waals surface area (Å²) in [5.74, 6) is 0.509. The Morgan fingerprint density at radius 1 is 1.58 bits per heavy atom. The molecule has 0 radical (unpaired) electrons. The van der Waals surface area contributed by atoms with Crippen LogP contribution in [0.5, 0.6) is 0 Å². The quantitative estimate of drug-likeness (QED) is 0.582. The monoisotopic (exact) mass is 189 g/mol. The van der Waals surface area contributed by atoms with E-state index in [0.717, 1.165) is 25.9 Å². The van der Waals surface area contributed by atoms with E-state index >= 15 is 0 Å². The minimum Gasteiger partial charge on any atom is -0.283 e. The van der Waals surface area contributed by atoms with Crippen molar-refractivity contribution in [1.29, 1.82) is 0 Å². The number of nitrogens with zero attached hydrogens (tertiary/aromatic N) is 1. The maximum absolute atomic E-state index is 5.81. The van der Waals surface area contributed by atoms with Gasteiger partial charge in [-0.3, -0.25) is 9.83 Å². The molecule has 1 fully saturated rings. The molecule has 0 saturated carbocycles. The fourth-order valence-corrected chi connectivity index (χ4v) is 1.79. The molecule has 2 rings (SSSR count). The highest BCUT2D eigenvalue weighted by atomic mass is 35.5. The van der Waals surface area contributed by atoms with Gasteiger partial charge >= 0.3 is 0 Å².